The molecule has 2 aromatic rings. The highest BCUT2D eigenvalue weighted by Crippen LogP contribution is 2.57. The molecule has 3 N–H and O–H groups in total. The second-order valence-electron chi connectivity index (χ2n) is 10.4. The predicted octanol–water partition coefficient (Wildman–Crippen LogP) is 4.00. The SMILES string of the molecule is COC(=O)C1=C(N)N(c2ccc(C)cc2C)C2=C(C(=O)CC(C)(C)C2)C12C(=O)Nc1ccccc12. The van der Waals surface area contributed by atoms with Crippen LogP contribution in [0, 0.1) is 19.3 Å². The lowest BCUT2D eigenvalue weighted by Gasteiger charge is -2.47. The van der Waals surface area contributed by atoms with E-state index in [1.165, 1.54) is 7.11 Å². The lowest BCUT2D eigenvalue weighted by molar-refractivity contribution is -0.138. The Hall–Kier alpha value is -3.87. The van der Waals surface area contributed by atoms with Crippen molar-refractivity contribution in [3.8, 4) is 0 Å². The van der Waals surface area contributed by atoms with Crippen molar-refractivity contribution in [3.05, 3.63) is 81.8 Å². The molecule has 35 heavy (non-hydrogen) atoms. The van der Waals surface area contributed by atoms with Gasteiger partial charge < -0.3 is 15.8 Å². The normalized spacial score (nSPS) is 22.8. The Bertz CT molecular complexity index is 1380. The smallest absolute Gasteiger partial charge is 0.339 e. The maximum absolute atomic E-state index is 14.0. The van der Waals surface area contributed by atoms with Gasteiger partial charge in [0.05, 0.1) is 12.8 Å². The molecule has 0 saturated carbocycles. The van der Waals surface area contributed by atoms with E-state index in [2.05, 4.69) is 5.32 Å². The number of nitrogens with two attached hydrogens (primary N) is 1. The number of ether oxygens (including phenoxy) is 1. The molecule has 5 rings (SSSR count). The quantitative estimate of drug-likeness (QED) is 0.642. The number of aryl methyl sites for hydroxylation is 2. The monoisotopic (exact) mass is 471 g/mol. The number of hydrogen-bond donors (Lipinski definition) is 2. The molecule has 7 heteroatoms. The third-order valence-electron chi connectivity index (χ3n) is 7.27. The highest BCUT2D eigenvalue weighted by Gasteiger charge is 2.62. The number of rotatable bonds is 2. The van der Waals surface area contributed by atoms with Crippen LogP contribution in [0.25, 0.3) is 0 Å². The number of carbonyl (C=O) groups excluding carboxylic acids is 3. The number of ketones is 1. The summed E-state index contributed by atoms with van der Waals surface area (Å²) in [5, 5.41) is 2.89. The first kappa shape index (κ1) is 22.9. The molecular formula is C28H29N3O4. The summed E-state index contributed by atoms with van der Waals surface area (Å²) in [5.74, 6) is -1.29. The fraction of sp³-hybridized carbons (Fsp3) is 0.321. The van der Waals surface area contributed by atoms with Crippen molar-refractivity contribution in [2.75, 3.05) is 17.3 Å². The Morgan fingerprint density at radius 2 is 1.80 bits per heavy atom. The molecule has 0 aromatic heterocycles. The van der Waals surface area contributed by atoms with Gasteiger partial charge in [-0.1, -0.05) is 49.7 Å². The molecule has 180 valence electrons. The van der Waals surface area contributed by atoms with E-state index in [9.17, 15) is 14.4 Å². The molecule has 2 aromatic carbocycles. The molecule has 2 heterocycles. The molecule has 2 aliphatic heterocycles. The van der Waals surface area contributed by atoms with E-state index in [0.717, 1.165) is 16.8 Å². The van der Waals surface area contributed by atoms with Crippen LogP contribution in [-0.2, 0) is 24.5 Å². The summed E-state index contributed by atoms with van der Waals surface area (Å²) in [6, 6.07) is 13.1. The zero-order chi connectivity index (χ0) is 25.3. The Morgan fingerprint density at radius 3 is 2.49 bits per heavy atom. The van der Waals surface area contributed by atoms with Crippen molar-refractivity contribution in [1.82, 2.24) is 0 Å². The summed E-state index contributed by atoms with van der Waals surface area (Å²) in [6.45, 7) is 8.02. The topological polar surface area (TPSA) is 102 Å². The Morgan fingerprint density at radius 1 is 1.09 bits per heavy atom. The van der Waals surface area contributed by atoms with Gasteiger partial charge in [-0.2, -0.15) is 0 Å². The number of methoxy groups -OCH3 is 1. The molecule has 1 atom stereocenters. The largest absolute Gasteiger partial charge is 0.466 e. The zero-order valence-electron chi connectivity index (χ0n) is 20.6. The second kappa shape index (κ2) is 7.57. The van der Waals surface area contributed by atoms with Crippen molar-refractivity contribution in [2.45, 2.75) is 46.0 Å². The van der Waals surface area contributed by atoms with Crippen molar-refractivity contribution in [3.63, 3.8) is 0 Å². The number of hydrogen-bond acceptors (Lipinski definition) is 6. The molecule has 1 spiro atoms. The molecule has 0 bridgehead atoms. The van der Waals surface area contributed by atoms with E-state index in [-0.39, 0.29) is 29.0 Å². The number of fused-ring (bicyclic) bond motifs is 3. The summed E-state index contributed by atoms with van der Waals surface area (Å²) in [5.41, 5.74) is 9.58. The number of carbonyl (C=O) groups is 3. The van der Waals surface area contributed by atoms with Crippen LogP contribution in [0.3, 0.4) is 0 Å². The van der Waals surface area contributed by atoms with Gasteiger partial charge in [-0.15, -0.1) is 0 Å². The summed E-state index contributed by atoms with van der Waals surface area (Å²) < 4.78 is 5.18. The van der Waals surface area contributed by atoms with Crippen molar-refractivity contribution in [1.29, 1.82) is 0 Å². The van der Waals surface area contributed by atoms with Crippen LogP contribution in [0.5, 0.6) is 0 Å². The van der Waals surface area contributed by atoms with E-state index in [1.54, 1.807) is 29.2 Å². The Labute approximate surface area is 204 Å². The van der Waals surface area contributed by atoms with Gasteiger partial charge in [-0.05, 0) is 43.4 Å². The van der Waals surface area contributed by atoms with Crippen molar-refractivity contribution >= 4 is 29.0 Å². The highest BCUT2D eigenvalue weighted by molar-refractivity contribution is 6.23. The summed E-state index contributed by atoms with van der Waals surface area (Å²) in [4.78, 5) is 43.1. The fourth-order valence-corrected chi connectivity index (χ4v) is 5.92. The molecule has 1 unspecified atom stereocenters. The maximum Gasteiger partial charge on any atom is 0.339 e. The van der Waals surface area contributed by atoms with E-state index in [4.69, 9.17) is 10.5 Å². The number of esters is 1. The summed E-state index contributed by atoms with van der Waals surface area (Å²) in [7, 11) is 1.26. The molecule has 7 nitrogen and oxygen atoms in total. The average Bonchev–Trinajstić information content (AvgIpc) is 3.06. The first-order valence-electron chi connectivity index (χ1n) is 11.7. The molecular weight excluding hydrogens is 442 g/mol. The number of allylic oxidation sites excluding steroid dienone is 1. The third-order valence-corrected chi connectivity index (χ3v) is 7.27. The minimum absolute atomic E-state index is 0.0331. The van der Waals surface area contributed by atoms with Gasteiger partial charge in [0.2, 0.25) is 5.91 Å². The van der Waals surface area contributed by atoms with Crippen LogP contribution < -0.4 is 16.0 Å². The van der Waals surface area contributed by atoms with Crippen LogP contribution >= 0.6 is 0 Å². The van der Waals surface area contributed by atoms with Gasteiger partial charge in [-0.3, -0.25) is 14.5 Å². The van der Waals surface area contributed by atoms with Gasteiger partial charge >= 0.3 is 5.97 Å². The van der Waals surface area contributed by atoms with Crippen LogP contribution in [0.2, 0.25) is 0 Å². The number of anilines is 2. The second-order valence-corrected chi connectivity index (χ2v) is 10.4. The number of nitrogens with zero attached hydrogens (tertiary/aromatic N) is 1. The average molecular weight is 472 g/mol. The minimum atomic E-state index is -1.67. The fourth-order valence-electron chi connectivity index (χ4n) is 5.92. The summed E-state index contributed by atoms with van der Waals surface area (Å²) >= 11 is 0. The van der Waals surface area contributed by atoms with Gasteiger partial charge in [0.25, 0.3) is 0 Å². The van der Waals surface area contributed by atoms with Crippen LogP contribution in [0.15, 0.2) is 65.1 Å². The van der Waals surface area contributed by atoms with E-state index >= 15 is 0 Å². The molecule has 1 amide bonds. The van der Waals surface area contributed by atoms with Gasteiger partial charge in [0, 0.05) is 28.9 Å². The number of nitrogens with one attached hydrogen (secondary N) is 1. The molecule has 0 radical (unpaired) electrons. The number of Topliss-reactive ketones (excluding diaryl/α,β-unsaturated/α-hetero) is 1. The standard InChI is InChI=1S/C28H29N3O4/c1-15-10-11-19(16(2)12-15)31-20-13-27(3,4)14-21(32)22(20)28(23(24(31)29)25(33)35-5)17-8-6-7-9-18(17)30-26(28)34/h6-12H,13-14,29H2,1-5H3,(H,30,34). The predicted molar refractivity (Wildman–Crippen MR) is 133 cm³/mol. The summed E-state index contributed by atoms with van der Waals surface area (Å²) in [6.07, 6.45) is 0.756. The molecule has 1 aliphatic carbocycles. The van der Waals surface area contributed by atoms with E-state index in [0.29, 0.717) is 28.9 Å². The first-order valence-corrected chi connectivity index (χ1v) is 11.7. The molecule has 3 aliphatic rings. The van der Waals surface area contributed by atoms with Crippen molar-refractivity contribution in [2.24, 2.45) is 11.1 Å². The van der Waals surface area contributed by atoms with Crippen LogP contribution in [0.4, 0.5) is 11.4 Å². The van der Waals surface area contributed by atoms with Gasteiger partial charge in [-0.25, -0.2) is 4.79 Å². The molecule has 0 fully saturated rings. The van der Waals surface area contributed by atoms with Crippen LogP contribution in [-0.4, -0.2) is 24.8 Å². The number of amides is 1. The van der Waals surface area contributed by atoms with E-state index in [1.807, 2.05) is 45.9 Å². The number of benzene rings is 2. The minimum Gasteiger partial charge on any atom is -0.466 e. The zero-order valence-corrected chi connectivity index (χ0v) is 20.6. The van der Waals surface area contributed by atoms with Crippen LogP contribution in [0.1, 0.15) is 43.4 Å². The van der Waals surface area contributed by atoms with E-state index < -0.39 is 17.3 Å². The molecule has 0 saturated heterocycles. The van der Waals surface area contributed by atoms with Gasteiger partial charge in [0.15, 0.2) is 5.78 Å². The Balaban J connectivity index is 1.94. The first-order chi connectivity index (χ1) is 16.5. The van der Waals surface area contributed by atoms with Crippen molar-refractivity contribution < 1.29 is 19.1 Å². The lowest BCUT2D eigenvalue weighted by Crippen LogP contribution is -2.54. The number of para-hydroxylation sites is 1. The van der Waals surface area contributed by atoms with Gasteiger partial charge in [0.1, 0.15) is 16.8 Å². The third kappa shape index (κ3) is 3.07. The highest BCUT2D eigenvalue weighted by atomic mass is 16.5. The maximum atomic E-state index is 14.0. The lowest BCUT2D eigenvalue weighted by atomic mass is 9.60. The Kier molecular flexibility index (Phi) is 4.95.